The molecule has 3 N–H and O–H groups in total. The molecule has 0 aliphatic heterocycles. The molecule has 0 radical (unpaired) electrons. The summed E-state index contributed by atoms with van der Waals surface area (Å²) in [7, 11) is 0. The summed E-state index contributed by atoms with van der Waals surface area (Å²) in [5.74, 6) is -0.424. The lowest BCUT2D eigenvalue weighted by molar-refractivity contribution is 0.262. The smallest absolute Gasteiger partial charge is 0.325 e. The largest absolute Gasteiger partial charge is 0.506 e. The van der Waals surface area contributed by atoms with Crippen LogP contribution in [-0.4, -0.2) is 16.1 Å². The lowest BCUT2D eigenvalue weighted by Crippen LogP contribution is -2.19. The summed E-state index contributed by atoms with van der Waals surface area (Å²) in [6.45, 7) is 0. The predicted molar refractivity (Wildman–Crippen MR) is 85.3 cm³/mol. The Morgan fingerprint density at radius 3 is 2.82 bits per heavy atom. The molecule has 2 aromatic carbocycles. The molecule has 0 saturated carbocycles. The average molecular weight is 338 g/mol. The number of aromatic hydroxyl groups is 1. The minimum Gasteiger partial charge on any atom is -0.506 e. The van der Waals surface area contributed by atoms with E-state index in [9.17, 15) is 14.3 Å². The van der Waals surface area contributed by atoms with E-state index in [1.165, 1.54) is 41.7 Å². The van der Waals surface area contributed by atoms with E-state index in [1.807, 2.05) is 0 Å². The number of phenols is 1. The van der Waals surface area contributed by atoms with Crippen LogP contribution in [0.25, 0.3) is 10.2 Å². The van der Waals surface area contributed by atoms with Crippen molar-refractivity contribution < 1.29 is 14.3 Å². The fraction of sp³-hybridized carbons (Fsp3) is 0. The van der Waals surface area contributed by atoms with Crippen molar-refractivity contribution >= 4 is 50.0 Å². The Kier molecular flexibility index (Phi) is 3.82. The minimum atomic E-state index is -0.513. The summed E-state index contributed by atoms with van der Waals surface area (Å²) in [5, 5.41) is 14.9. The van der Waals surface area contributed by atoms with Gasteiger partial charge in [-0.1, -0.05) is 22.9 Å². The van der Waals surface area contributed by atoms with Gasteiger partial charge in [0.25, 0.3) is 0 Å². The third-order valence-electron chi connectivity index (χ3n) is 2.78. The second kappa shape index (κ2) is 5.78. The standard InChI is InChI=1S/C14H9ClFN3O2S/c15-9-6-8(2-4-11(9)20)17-13(21)19-14-18-10-3-1-7(16)5-12(10)22-14/h1-6,20H,(H2,17,18,19,21). The number of benzene rings is 2. The number of nitrogens with one attached hydrogen (secondary N) is 2. The van der Waals surface area contributed by atoms with E-state index in [4.69, 9.17) is 11.6 Å². The van der Waals surface area contributed by atoms with E-state index >= 15 is 0 Å². The zero-order chi connectivity index (χ0) is 15.7. The van der Waals surface area contributed by atoms with Crippen molar-refractivity contribution in [2.24, 2.45) is 0 Å². The van der Waals surface area contributed by atoms with E-state index in [-0.39, 0.29) is 16.6 Å². The highest BCUT2D eigenvalue weighted by Crippen LogP contribution is 2.28. The summed E-state index contributed by atoms with van der Waals surface area (Å²) in [4.78, 5) is 16.1. The molecule has 0 saturated heterocycles. The summed E-state index contributed by atoms with van der Waals surface area (Å²) in [6, 6.07) is 8.00. The van der Waals surface area contributed by atoms with Crippen LogP contribution in [0.2, 0.25) is 5.02 Å². The first-order chi connectivity index (χ1) is 10.5. The number of amides is 2. The Morgan fingerprint density at radius 2 is 2.05 bits per heavy atom. The van der Waals surface area contributed by atoms with Crippen LogP contribution in [0.1, 0.15) is 0 Å². The van der Waals surface area contributed by atoms with Gasteiger partial charge in [-0.2, -0.15) is 0 Å². The van der Waals surface area contributed by atoms with Crippen molar-refractivity contribution in [3.05, 3.63) is 47.2 Å². The molecule has 0 spiro atoms. The van der Waals surface area contributed by atoms with Gasteiger partial charge in [0, 0.05) is 5.69 Å². The number of nitrogens with zero attached hydrogens (tertiary/aromatic N) is 1. The highest BCUT2D eigenvalue weighted by Gasteiger charge is 2.09. The van der Waals surface area contributed by atoms with Crippen molar-refractivity contribution in [3.8, 4) is 5.75 Å². The molecule has 0 atom stereocenters. The van der Waals surface area contributed by atoms with Gasteiger partial charge in [-0.25, -0.2) is 14.2 Å². The maximum Gasteiger partial charge on any atom is 0.325 e. The van der Waals surface area contributed by atoms with Crippen LogP contribution >= 0.6 is 22.9 Å². The average Bonchev–Trinajstić information content (AvgIpc) is 2.84. The van der Waals surface area contributed by atoms with Gasteiger partial charge in [-0.3, -0.25) is 5.32 Å². The van der Waals surface area contributed by atoms with Crippen LogP contribution in [0.4, 0.5) is 20.0 Å². The Hall–Kier alpha value is -2.38. The third-order valence-corrected chi connectivity index (χ3v) is 4.01. The van der Waals surface area contributed by atoms with Crippen LogP contribution in [0.5, 0.6) is 5.75 Å². The summed E-state index contributed by atoms with van der Waals surface area (Å²) < 4.78 is 13.8. The summed E-state index contributed by atoms with van der Waals surface area (Å²) >= 11 is 6.93. The van der Waals surface area contributed by atoms with Crippen LogP contribution in [0.3, 0.4) is 0 Å². The second-order valence-corrected chi connectivity index (χ2v) is 5.81. The first-order valence-electron chi connectivity index (χ1n) is 6.14. The first kappa shape index (κ1) is 14.6. The number of thiazole rings is 1. The monoisotopic (exact) mass is 337 g/mol. The Bertz CT molecular complexity index is 868. The summed E-state index contributed by atoms with van der Waals surface area (Å²) in [5.41, 5.74) is 1.03. The molecule has 0 aliphatic carbocycles. The molecule has 3 aromatic rings. The SMILES string of the molecule is O=C(Nc1ccc(O)c(Cl)c1)Nc1nc2ccc(F)cc2s1. The van der Waals surface area contributed by atoms with Gasteiger partial charge in [0.2, 0.25) is 0 Å². The van der Waals surface area contributed by atoms with Gasteiger partial charge in [0.1, 0.15) is 11.6 Å². The zero-order valence-corrected chi connectivity index (χ0v) is 12.5. The number of hydrogen-bond donors (Lipinski definition) is 3. The van der Waals surface area contributed by atoms with Gasteiger partial charge < -0.3 is 10.4 Å². The van der Waals surface area contributed by atoms with Gasteiger partial charge in [0.05, 0.1) is 15.2 Å². The molecule has 8 heteroatoms. The van der Waals surface area contributed by atoms with Gasteiger partial charge in [0.15, 0.2) is 5.13 Å². The van der Waals surface area contributed by atoms with E-state index < -0.39 is 6.03 Å². The van der Waals surface area contributed by atoms with E-state index in [2.05, 4.69) is 15.6 Å². The van der Waals surface area contributed by atoms with Gasteiger partial charge in [-0.05, 0) is 36.4 Å². The van der Waals surface area contributed by atoms with Crippen LogP contribution in [0.15, 0.2) is 36.4 Å². The Labute approximate surface area is 133 Å². The quantitative estimate of drug-likeness (QED) is 0.605. The maximum absolute atomic E-state index is 13.1. The summed E-state index contributed by atoms with van der Waals surface area (Å²) in [6.07, 6.45) is 0. The molecule has 3 rings (SSSR count). The van der Waals surface area contributed by atoms with E-state index in [0.717, 1.165) is 0 Å². The number of fused-ring (bicyclic) bond motifs is 1. The van der Waals surface area contributed by atoms with Gasteiger partial charge in [-0.15, -0.1) is 0 Å². The molecule has 1 heterocycles. The second-order valence-electron chi connectivity index (χ2n) is 4.38. The molecular weight excluding hydrogens is 329 g/mol. The minimum absolute atomic E-state index is 0.0687. The molecule has 1 aromatic heterocycles. The number of urea groups is 1. The number of rotatable bonds is 2. The number of carbonyl (C=O) groups excluding carboxylic acids is 1. The lowest BCUT2D eigenvalue weighted by atomic mass is 10.3. The molecule has 0 fully saturated rings. The third kappa shape index (κ3) is 3.10. The molecule has 5 nitrogen and oxygen atoms in total. The number of anilines is 2. The Balaban J connectivity index is 1.73. The molecule has 0 unspecified atom stereocenters. The molecule has 0 bridgehead atoms. The fourth-order valence-corrected chi connectivity index (χ4v) is 2.86. The lowest BCUT2D eigenvalue weighted by Gasteiger charge is -2.06. The first-order valence-corrected chi connectivity index (χ1v) is 7.33. The molecule has 22 heavy (non-hydrogen) atoms. The van der Waals surface area contributed by atoms with E-state index in [0.29, 0.717) is 21.0 Å². The number of carbonyl (C=O) groups is 1. The molecule has 2 amide bonds. The topological polar surface area (TPSA) is 74.2 Å². The normalized spacial score (nSPS) is 10.6. The predicted octanol–water partition coefficient (Wildman–Crippen LogP) is 4.44. The van der Waals surface area contributed by atoms with Crippen LogP contribution < -0.4 is 10.6 Å². The number of phenolic OH excluding ortho intramolecular Hbond substituents is 1. The zero-order valence-electron chi connectivity index (χ0n) is 10.9. The van der Waals surface area contributed by atoms with Gasteiger partial charge >= 0.3 is 6.03 Å². The molecule has 112 valence electrons. The van der Waals surface area contributed by atoms with Crippen molar-refractivity contribution in [3.63, 3.8) is 0 Å². The number of aromatic nitrogens is 1. The van der Waals surface area contributed by atoms with Crippen molar-refractivity contribution in [2.75, 3.05) is 10.6 Å². The number of halogens is 2. The highest BCUT2D eigenvalue weighted by molar-refractivity contribution is 7.22. The molecule has 0 aliphatic rings. The Morgan fingerprint density at radius 1 is 1.23 bits per heavy atom. The number of hydrogen-bond acceptors (Lipinski definition) is 4. The van der Waals surface area contributed by atoms with Crippen LogP contribution in [0, 0.1) is 5.82 Å². The van der Waals surface area contributed by atoms with Crippen LogP contribution in [-0.2, 0) is 0 Å². The maximum atomic E-state index is 13.1. The van der Waals surface area contributed by atoms with E-state index in [1.54, 1.807) is 6.07 Å². The highest BCUT2D eigenvalue weighted by atomic mass is 35.5. The van der Waals surface area contributed by atoms with Crippen molar-refractivity contribution in [1.29, 1.82) is 0 Å². The molecular formula is C14H9ClFN3O2S. The fourth-order valence-electron chi connectivity index (χ4n) is 1.80. The van der Waals surface area contributed by atoms with Crippen molar-refractivity contribution in [2.45, 2.75) is 0 Å². The van der Waals surface area contributed by atoms with Crippen molar-refractivity contribution in [1.82, 2.24) is 4.98 Å².